The van der Waals surface area contributed by atoms with Crippen LogP contribution in [0.25, 0.3) is 0 Å². The number of hydrogen-bond acceptors (Lipinski definition) is 6. The SMILES string of the molecule is Cn1c2c(c(=O)n(CCCO)c1=O)NC(C#CCOC1CCC1)N2Cc1ccc(Cl)c(F)c1. The van der Waals surface area contributed by atoms with E-state index < -0.39 is 23.2 Å². The topological polar surface area (TPSA) is 88.7 Å². The van der Waals surface area contributed by atoms with E-state index in [9.17, 15) is 14.0 Å². The van der Waals surface area contributed by atoms with Crippen molar-refractivity contribution in [2.75, 3.05) is 23.4 Å². The van der Waals surface area contributed by atoms with Gasteiger partial charge in [-0.3, -0.25) is 13.9 Å². The Morgan fingerprint density at radius 3 is 2.79 bits per heavy atom. The quantitative estimate of drug-likeness (QED) is 0.595. The van der Waals surface area contributed by atoms with E-state index >= 15 is 0 Å². The molecule has 0 bridgehead atoms. The van der Waals surface area contributed by atoms with Gasteiger partial charge in [-0.05, 0) is 43.4 Å². The maximum atomic E-state index is 14.0. The van der Waals surface area contributed by atoms with Crippen LogP contribution in [0.4, 0.5) is 15.9 Å². The Balaban J connectivity index is 1.69. The van der Waals surface area contributed by atoms with Crippen molar-refractivity contribution in [3.8, 4) is 11.8 Å². The number of benzene rings is 1. The van der Waals surface area contributed by atoms with Crippen LogP contribution in [0.15, 0.2) is 27.8 Å². The minimum atomic E-state index is -0.615. The number of aliphatic hydroxyl groups is 1. The first-order valence-electron chi connectivity index (χ1n) is 10.9. The van der Waals surface area contributed by atoms with Crippen LogP contribution in [0, 0.1) is 17.7 Å². The number of ether oxygens (including phenoxy) is 1. The molecular formula is C23H26ClFN4O4. The van der Waals surface area contributed by atoms with E-state index in [1.807, 2.05) is 0 Å². The van der Waals surface area contributed by atoms with Crippen molar-refractivity contribution in [3.63, 3.8) is 0 Å². The maximum Gasteiger partial charge on any atom is 0.332 e. The molecular weight excluding hydrogens is 451 g/mol. The Bertz CT molecular complexity index is 1210. The molecule has 1 aromatic heterocycles. The molecule has 8 nitrogen and oxygen atoms in total. The summed E-state index contributed by atoms with van der Waals surface area (Å²) in [5, 5.41) is 12.3. The monoisotopic (exact) mass is 476 g/mol. The molecule has 10 heteroatoms. The van der Waals surface area contributed by atoms with Crippen molar-refractivity contribution >= 4 is 23.1 Å². The first-order chi connectivity index (χ1) is 15.9. The molecule has 1 aliphatic heterocycles. The second-order valence-electron chi connectivity index (χ2n) is 8.18. The molecule has 1 aromatic carbocycles. The fraction of sp³-hybridized carbons (Fsp3) is 0.478. The Morgan fingerprint density at radius 1 is 1.33 bits per heavy atom. The molecule has 2 N–H and O–H groups in total. The normalized spacial score (nSPS) is 17.2. The smallest absolute Gasteiger partial charge is 0.332 e. The lowest BCUT2D eigenvalue weighted by atomic mass is 9.96. The van der Waals surface area contributed by atoms with Gasteiger partial charge in [-0.15, -0.1) is 0 Å². The summed E-state index contributed by atoms with van der Waals surface area (Å²) in [6, 6.07) is 4.48. The predicted octanol–water partition coefficient (Wildman–Crippen LogP) is 2.05. The van der Waals surface area contributed by atoms with Crippen LogP contribution in [-0.2, 0) is 24.9 Å². The van der Waals surface area contributed by atoms with Crippen LogP contribution < -0.4 is 21.5 Å². The number of halogens is 2. The Hall–Kier alpha value is -2.80. The van der Waals surface area contributed by atoms with Crippen LogP contribution >= 0.6 is 11.6 Å². The Kier molecular flexibility index (Phi) is 7.08. The summed E-state index contributed by atoms with van der Waals surface area (Å²) < 4.78 is 22.2. The number of nitrogens with zero attached hydrogens (tertiary/aromatic N) is 3. The van der Waals surface area contributed by atoms with Crippen molar-refractivity contribution in [2.45, 2.75) is 51.0 Å². The highest BCUT2D eigenvalue weighted by Gasteiger charge is 2.34. The van der Waals surface area contributed by atoms with Gasteiger partial charge in [0.1, 0.15) is 23.9 Å². The number of aromatic nitrogens is 2. The van der Waals surface area contributed by atoms with E-state index in [0.29, 0.717) is 11.4 Å². The number of rotatable bonds is 7. The third-order valence-electron chi connectivity index (χ3n) is 5.94. The highest BCUT2D eigenvalue weighted by atomic mass is 35.5. The minimum absolute atomic E-state index is 0.0161. The lowest BCUT2D eigenvalue weighted by Gasteiger charge is -2.25. The minimum Gasteiger partial charge on any atom is -0.396 e. The molecule has 1 saturated carbocycles. The van der Waals surface area contributed by atoms with Gasteiger partial charge in [0.25, 0.3) is 5.56 Å². The molecule has 2 heterocycles. The van der Waals surface area contributed by atoms with E-state index in [0.717, 1.165) is 17.4 Å². The van der Waals surface area contributed by atoms with Gasteiger partial charge >= 0.3 is 5.69 Å². The van der Waals surface area contributed by atoms with Crippen LogP contribution in [0.3, 0.4) is 0 Å². The van der Waals surface area contributed by atoms with Crippen molar-refractivity contribution in [2.24, 2.45) is 7.05 Å². The lowest BCUT2D eigenvalue weighted by molar-refractivity contribution is 0.0216. The highest BCUT2D eigenvalue weighted by molar-refractivity contribution is 6.30. The molecule has 2 aromatic rings. The number of nitrogens with one attached hydrogen (secondary N) is 1. The summed E-state index contributed by atoms with van der Waals surface area (Å²) in [7, 11) is 1.57. The first kappa shape index (κ1) is 23.4. The van der Waals surface area contributed by atoms with Crippen molar-refractivity contribution in [3.05, 3.63) is 55.4 Å². The number of fused-ring (bicyclic) bond motifs is 1. The zero-order valence-corrected chi connectivity index (χ0v) is 19.1. The summed E-state index contributed by atoms with van der Waals surface area (Å²) in [5.41, 5.74) is -0.128. The molecule has 1 unspecified atom stereocenters. The molecule has 0 radical (unpaired) electrons. The van der Waals surface area contributed by atoms with Crippen molar-refractivity contribution in [1.29, 1.82) is 0 Å². The second kappa shape index (κ2) is 10.00. The number of anilines is 2. The lowest BCUT2D eigenvalue weighted by Crippen LogP contribution is -2.41. The average Bonchev–Trinajstić information content (AvgIpc) is 3.12. The summed E-state index contributed by atoms with van der Waals surface area (Å²) >= 11 is 5.82. The van der Waals surface area contributed by atoms with Crippen LogP contribution in [0.1, 0.15) is 31.2 Å². The number of aliphatic hydroxyl groups excluding tert-OH is 1. The molecule has 0 amide bonds. The van der Waals surface area contributed by atoms with E-state index in [-0.39, 0.29) is 49.5 Å². The molecule has 0 spiro atoms. The zero-order chi connectivity index (χ0) is 23.5. The van der Waals surface area contributed by atoms with Crippen LogP contribution in [-0.4, -0.2) is 39.7 Å². The fourth-order valence-electron chi connectivity index (χ4n) is 3.93. The molecule has 33 heavy (non-hydrogen) atoms. The van der Waals surface area contributed by atoms with Gasteiger partial charge in [0.15, 0.2) is 6.17 Å². The average molecular weight is 477 g/mol. The van der Waals surface area contributed by atoms with Gasteiger partial charge in [0, 0.05) is 26.7 Å². The molecule has 2 aliphatic rings. The van der Waals surface area contributed by atoms with Gasteiger partial charge in [-0.25, -0.2) is 9.18 Å². The Labute approximate surface area is 195 Å². The van der Waals surface area contributed by atoms with Gasteiger partial charge in [-0.1, -0.05) is 29.5 Å². The van der Waals surface area contributed by atoms with Crippen LogP contribution in [0.2, 0.25) is 5.02 Å². The summed E-state index contributed by atoms with van der Waals surface area (Å²) in [6.07, 6.45) is 3.16. The standard InChI is InChI=1S/C23H26ClFN4O4/c1-27-21-20(22(31)28(23(27)32)10-4-11-30)26-19(7-3-12-33-16-5-2-6-16)29(21)14-15-8-9-17(24)18(25)13-15/h8-9,13,16,19,26,30H,2,4-6,10-12,14H2,1H3. The van der Waals surface area contributed by atoms with Gasteiger partial charge in [0.05, 0.1) is 11.1 Å². The molecule has 1 aliphatic carbocycles. The molecule has 176 valence electrons. The van der Waals surface area contributed by atoms with Gasteiger partial charge < -0.3 is 20.1 Å². The molecule has 1 atom stereocenters. The first-order valence-corrected chi connectivity index (χ1v) is 11.3. The van der Waals surface area contributed by atoms with Gasteiger partial charge in [0.2, 0.25) is 0 Å². The maximum absolute atomic E-state index is 14.0. The van der Waals surface area contributed by atoms with E-state index in [2.05, 4.69) is 17.2 Å². The molecule has 1 fully saturated rings. The molecule has 0 saturated heterocycles. The van der Waals surface area contributed by atoms with E-state index in [4.69, 9.17) is 21.4 Å². The van der Waals surface area contributed by atoms with Crippen LogP contribution in [0.5, 0.6) is 0 Å². The zero-order valence-electron chi connectivity index (χ0n) is 18.3. The van der Waals surface area contributed by atoms with Crippen molar-refractivity contribution in [1.82, 2.24) is 9.13 Å². The summed E-state index contributed by atoms with van der Waals surface area (Å²) in [6.45, 7) is 0.432. The second-order valence-corrected chi connectivity index (χ2v) is 8.59. The van der Waals surface area contributed by atoms with Gasteiger partial charge in [-0.2, -0.15) is 0 Å². The van der Waals surface area contributed by atoms with E-state index in [1.54, 1.807) is 18.0 Å². The third-order valence-corrected chi connectivity index (χ3v) is 6.25. The van der Waals surface area contributed by atoms with E-state index in [1.165, 1.54) is 23.1 Å². The molecule has 4 rings (SSSR count). The largest absolute Gasteiger partial charge is 0.396 e. The van der Waals surface area contributed by atoms with Crippen molar-refractivity contribution < 1.29 is 14.2 Å². The fourth-order valence-corrected chi connectivity index (χ4v) is 4.05. The highest BCUT2D eigenvalue weighted by Crippen LogP contribution is 2.32. The Morgan fingerprint density at radius 2 is 2.12 bits per heavy atom. The third kappa shape index (κ3) is 4.78. The predicted molar refractivity (Wildman–Crippen MR) is 124 cm³/mol. The number of hydrogen-bond donors (Lipinski definition) is 2. The summed E-state index contributed by atoms with van der Waals surface area (Å²) in [5.74, 6) is 5.91. The summed E-state index contributed by atoms with van der Waals surface area (Å²) in [4.78, 5) is 27.7.